The highest BCUT2D eigenvalue weighted by Gasteiger charge is 2.27. The van der Waals surface area contributed by atoms with Crippen molar-refractivity contribution in [3.8, 4) is 5.75 Å². The van der Waals surface area contributed by atoms with E-state index in [9.17, 15) is 13.2 Å². The first-order chi connectivity index (χ1) is 10.8. The third kappa shape index (κ3) is 5.23. The zero-order chi connectivity index (χ0) is 17.0. The van der Waals surface area contributed by atoms with E-state index in [-0.39, 0.29) is 29.8 Å². The Morgan fingerprint density at radius 2 is 2.04 bits per heavy atom. The van der Waals surface area contributed by atoms with E-state index in [1.54, 1.807) is 0 Å². The molecule has 2 rings (SSSR count). The molecule has 0 aromatic heterocycles. The van der Waals surface area contributed by atoms with E-state index in [0.717, 1.165) is 16.9 Å². The van der Waals surface area contributed by atoms with Crippen LogP contribution in [0.25, 0.3) is 0 Å². The van der Waals surface area contributed by atoms with Gasteiger partial charge in [0.05, 0.1) is 24.5 Å². The minimum Gasteiger partial charge on any atom is -0.493 e. The zero-order valence-electron chi connectivity index (χ0n) is 14.0. The molecule has 1 aromatic rings. The number of carbonyl (C=O) groups excluding carboxylic acids is 1. The van der Waals surface area contributed by atoms with E-state index < -0.39 is 9.84 Å². The van der Waals surface area contributed by atoms with Crippen LogP contribution in [-0.4, -0.2) is 39.0 Å². The summed E-state index contributed by atoms with van der Waals surface area (Å²) in [6.07, 6.45) is 0.910. The van der Waals surface area contributed by atoms with E-state index in [1.165, 1.54) is 5.56 Å². The van der Waals surface area contributed by atoms with Crippen molar-refractivity contribution in [3.05, 3.63) is 28.8 Å². The van der Waals surface area contributed by atoms with Crippen LogP contribution in [0, 0.1) is 26.7 Å². The molecule has 1 heterocycles. The molecule has 1 saturated heterocycles. The van der Waals surface area contributed by atoms with Gasteiger partial charge < -0.3 is 10.1 Å². The summed E-state index contributed by atoms with van der Waals surface area (Å²) in [4.78, 5) is 11.8. The summed E-state index contributed by atoms with van der Waals surface area (Å²) >= 11 is 0. The summed E-state index contributed by atoms with van der Waals surface area (Å²) in [7, 11) is -2.89. The van der Waals surface area contributed by atoms with Crippen LogP contribution >= 0.6 is 0 Å². The lowest BCUT2D eigenvalue weighted by molar-refractivity contribution is -0.121. The fourth-order valence-electron chi connectivity index (χ4n) is 2.78. The predicted octanol–water partition coefficient (Wildman–Crippen LogP) is 1.93. The van der Waals surface area contributed by atoms with Crippen LogP contribution in [-0.2, 0) is 14.6 Å². The van der Waals surface area contributed by atoms with Gasteiger partial charge in [0, 0.05) is 6.54 Å². The summed E-state index contributed by atoms with van der Waals surface area (Å²) in [6, 6.07) is 4.08. The Balaban J connectivity index is 1.73. The van der Waals surface area contributed by atoms with Gasteiger partial charge >= 0.3 is 0 Å². The molecule has 1 atom stereocenters. The van der Waals surface area contributed by atoms with E-state index in [1.807, 2.05) is 26.8 Å². The summed E-state index contributed by atoms with van der Waals surface area (Å²) in [5.74, 6) is 1.19. The lowest BCUT2D eigenvalue weighted by atomic mass is 10.1. The highest BCUT2D eigenvalue weighted by Crippen LogP contribution is 2.23. The molecular weight excluding hydrogens is 314 g/mol. The Morgan fingerprint density at radius 3 is 2.70 bits per heavy atom. The molecule has 1 aliphatic rings. The minimum absolute atomic E-state index is 0.0477. The van der Waals surface area contributed by atoms with Crippen LogP contribution in [0.15, 0.2) is 12.1 Å². The van der Waals surface area contributed by atoms with Crippen LogP contribution < -0.4 is 10.1 Å². The Hall–Kier alpha value is -1.56. The molecule has 23 heavy (non-hydrogen) atoms. The number of rotatable bonds is 6. The largest absolute Gasteiger partial charge is 0.493 e. The normalized spacial score (nSPS) is 19.5. The van der Waals surface area contributed by atoms with E-state index in [0.29, 0.717) is 19.6 Å². The molecule has 6 heteroatoms. The van der Waals surface area contributed by atoms with Crippen LogP contribution in [0.4, 0.5) is 0 Å². The Morgan fingerprint density at radius 1 is 1.30 bits per heavy atom. The Labute approximate surface area is 138 Å². The van der Waals surface area contributed by atoms with Crippen molar-refractivity contribution in [3.63, 3.8) is 0 Å². The third-order valence-electron chi connectivity index (χ3n) is 4.27. The molecule has 1 N–H and O–H groups in total. The number of carbonyl (C=O) groups is 1. The zero-order valence-corrected chi connectivity index (χ0v) is 14.8. The SMILES string of the molecule is Cc1cc(C)c(C)c(OCCC(=O)NCC2CCS(=O)(=O)C2)c1. The quantitative estimate of drug-likeness (QED) is 0.859. The van der Waals surface area contributed by atoms with Crippen molar-refractivity contribution in [2.75, 3.05) is 24.7 Å². The van der Waals surface area contributed by atoms with Crippen LogP contribution in [0.3, 0.4) is 0 Å². The maximum atomic E-state index is 11.8. The van der Waals surface area contributed by atoms with Gasteiger partial charge in [0.2, 0.25) is 5.91 Å². The lowest BCUT2D eigenvalue weighted by Crippen LogP contribution is -2.30. The van der Waals surface area contributed by atoms with Gasteiger partial charge in [-0.3, -0.25) is 4.79 Å². The summed E-state index contributed by atoms with van der Waals surface area (Å²) in [5.41, 5.74) is 3.40. The van der Waals surface area contributed by atoms with Gasteiger partial charge in [-0.1, -0.05) is 6.07 Å². The summed E-state index contributed by atoms with van der Waals surface area (Å²) < 4.78 is 28.5. The van der Waals surface area contributed by atoms with Gasteiger partial charge in [0.25, 0.3) is 0 Å². The van der Waals surface area contributed by atoms with E-state index in [4.69, 9.17) is 4.74 Å². The lowest BCUT2D eigenvalue weighted by Gasteiger charge is -2.13. The maximum absolute atomic E-state index is 11.8. The van der Waals surface area contributed by atoms with Gasteiger partial charge in [-0.15, -0.1) is 0 Å². The number of ether oxygens (including phenoxy) is 1. The van der Waals surface area contributed by atoms with Crippen molar-refractivity contribution >= 4 is 15.7 Å². The monoisotopic (exact) mass is 339 g/mol. The first-order valence-electron chi connectivity index (χ1n) is 7.94. The van der Waals surface area contributed by atoms with Crippen molar-refractivity contribution in [1.82, 2.24) is 5.32 Å². The highest BCUT2D eigenvalue weighted by molar-refractivity contribution is 7.91. The predicted molar refractivity (Wildman–Crippen MR) is 90.5 cm³/mol. The van der Waals surface area contributed by atoms with Crippen molar-refractivity contribution in [2.45, 2.75) is 33.6 Å². The van der Waals surface area contributed by atoms with Crippen molar-refractivity contribution in [2.24, 2.45) is 5.92 Å². The first kappa shape index (κ1) is 17.8. The number of amides is 1. The molecule has 128 valence electrons. The van der Waals surface area contributed by atoms with E-state index in [2.05, 4.69) is 11.4 Å². The van der Waals surface area contributed by atoms with Crippen LogP contribution in [0.1, 0.15) is 29.5 Å². The molecule has 0 saturated carbocycles. The van der Waals surface area contributed by atoms with Gasteiger partial charge in [-0.2, -0.15) is 0 Å². The standard InChI is InChI=1S/C17H25NO4S/c1-12-8-13(2)14(3)16(9-12)22-6-4-17(19)18-10-15-5-7-23(20,21)11-15/h8-9,15H,4-7,10-11H2,1-3H3,(H,18,19). The molecule has 1 fully saturated rings. The number of aryl methyl sites for hydroxylation is 2. The molecule has 1 unspecified atom stereocenters. The second-order valence-electron chi connectivity index (χ2n) is 6.38. The number of benzene rings is 1. The number of nitrogens with one attached hydrogen (secondary N) is 1. The average Bonchev–Trinajstić information content (AvgIpc) is 2.81. The Bertz CT molecular complexity index is 682. The van der Waals surface area contributed by atoms with Gasteiger partial charge in [-0.05, 0) is 55.9 Å². The van der Waals surface area contributed by atoms with Gasteiger partial charge in [0.15, 0.2) is 9.84 Å². The molecule has 1 amide bonds. The molecule has 1 aromatic carbocycles. The molecule has 0 aliphatic carbocycles. The van der Waals surface area contributed by atoms with Gasteiger partial charge in [0.1, 0.15) is 5.75 Å². The second kappa shape index (κ2) is 7.34. The minimum atomic E-state index is -2.89. The fourth-order valence-corrected chi connectivity index (χ4v) is 4.65. The summed E-state index contributed by atoms with van der Waals surface area (Å²) in [5, 5.41) is 2.80. The third-order valence-corrected chi connectivity index (χ3v) is 6.10. The number of sulfone groups is 1. The average molecular weight is 339 g/mol. The van der Waals surface area contributed by atoms with Crippen molar-refractivity contribution < 1.29 is 17.9 Å². The number of hydrogen-bond donors (Lipinski definition) is 1. The topological polar surface area (TPSA) is 72.5 Å². The Kier molecular flexibility index (Phi) is 5.68. The summed E-state index contributed by atoms with van der Waals surface area (Å²) in [6.45, 7) is 6.81. The molecule has 5 nitrogen and oxygen atoms in total. The smallest absolute Gasteiger partial charge is 0.223 e. The van der Waals surface area contributed by atoms with Crippen LogP contribution in [0.5, 0.6) is 5.75 Å². The molecule has 1 aliphatic heterocycles. The van der Waals surface area contributed by atoms with Crippen LogP contribution in [0.2, 0.25) is 0 Å². The molecular formula is C17H25NO4S. The maximum Gasteiger partial charge on any atom is 0.223 e. The fraction of sp³-hybridized carbons (Fsp3) is 0.588. The first-order valence-corrected chi connectivity index (χ1v) is 9.77. The number of hydrogen-bond acceptors (Lipinski definition) is 4. The van der Waals surface area contributed by atoms with Gasteiger partial charge in [-0.25, -0.2) is 8.42 Å². The molecule has 0 radical (unpaired) electrons. The van der Waals surface area contributed by atoms with E-state index >= 15 is 0 Å². The second-order valence-corrected chi connectivity index (χ2v) is 8.61. The highest BCUT2D eigenvalue weighted by atomic mass is 32.2. The molecule has 0 spiro atoms. The molecule has 0 bridgehead atoms. The van der Waals surface area contributed by atoms with Crippen molar-refractivity contribution in [1.29, 1.82) is 0 Å².